The quantitative estimate of drug-likeness (QED) is 0.357. The maximum absolute atomic E-state index is 6.07. The number of methoxy groups -OCH3 is 1. The largest absolute Gasteiger partial charge is 0.382 e. The van der Waals surface area contributed by atoms with Gasteiger partial charge in [0.2, 0.25) is 0 Å². The molecule has 1 rings (SSSR count). The van der Waals surface area contributed by atoms with Crippen LogP contribution in [0, 0.1) is 5.41 Å². The molecule has 0 amide bonds. The van der Waals surface area contributed by atoms with Crippen LogP contribution in [0.5, 0.6) is 0 Å². The lowest BCUT2D eigenvalue weighted by Crippen LogP contribution is -2.43. The number of nitrogens with zero attached hydrogens (tertiary/aromatic N) is 1. The second-order valence-corrected chi connectivity index (χ2v) is 7.22. The highest BCUT2D eigenvalue weighted by atomic mass is 35.5. The standard InChI is InChI=1S/C19H32ClN3O2/c1-19(2,14-16-7-5-8-17(20)13-16)15-23-18(21-3)22-9-6-10-25-12-11-24-4/h5,7-8,13H,6,9-12,14-15H2,1-4H3,(H2,21,22,23). The Morgan fingerprint density at radius 2 is 2.00 bits per heavy atom. The molecule has 2 N–H and O–H groups in total. The maximum atomic E-state index is 6.07. The fourth-order valence-corrected chi connectivity index (χ4v) is 2.64. The molecule has 142 valence electrons. The van der Waals surface area contributed by atoms with E-state index in [2.05, 4.69) is 35.5 Å². The third kappa shape index (κ3) is 10.3. The predicted octanol–water partition coefficient (Wildman–Crippen LogP) is 3.13. The van der Waals surface area contributed by atoms with Crippen LogP contribution in [0.2, 0.25) is 5.02 Å². The molecule has 0 saturated heterocycles. The van der Waals surface area contributed by atoms with Crippen molar-refractivity contribution in [2.45, 2.75) is 26.7 Å². The van der Waals surface area contributed by atoms with Gasteiger partial charge in [0.15, 0.2) is 5.96 Å². The molecule has 0 aromatic heterocycles. The zero-order chi connectivity index (χ0) is 18.5. The molecule has 1 aromatic carbocycles. The van der Waals surface area contributed by atoms with Gasteiger partial charge < -0.3 is 20.1 Å². The second-order valence-electron chi connectivity index (χ2n) is 6.78. The van der Waals surface area contributed by atoms with Gasteiger partial charge in [-0.25, -0.2) is 0 Å². The van der Waals surface area contributed by atoms with E-state index in [0.29, 0.717) is 19.8 Å². The van der Waals surface area contributed by atoms with Crippen LogP contribution in [0.4, 0.5) is 0 Å². The Morgan fingerprint density at radius 1 is 1.20 bits per heavy atom. The van der Waals surface area contributed by atoms with Crippen LogP contribution in [0.15, 0.2) is 29.3 Å². The minimum absolute atomic E-state index is 0.0889. The molecule has 0 aliphatic heterocycles. The normalized spacial score (nSPS) is 12.3. The molecule has 5 nitrogen and oxygen atoms in total. The highest BCUT2D eigenvalue weighted by Gasteiger charge is 2.19. The number of aliphatic imine (C=N–C) groups is 1. The summed E-state index contributed by atoms with van der Waals surface area (Å²) < 4.78 is 10.4. The van der Waals surface area contributed by atoms with Gasteiger partial charge in [0, 0.05) is 38.9 Å². The molecular formula is C19H32ClN3O2. The van der Waals surface area contributed by atoms with Gasteiger partial charge in [-0.05, 0) is 36.0 Å². The molecule has 0 saturated carbocycles. The van der Waals surface area contributed by atoms with Crippen LogP contribution < -0.4 is 10.6 Å². The summed E-state index contributed by atoms with van der Waals surface area (Å²) in [5.74, 6) is 0.816. The fourth-order valence-electron chi connectivity index (χ4n) is 2.43. The molecular weight excluding hydrogens is 338 g/mol. The van der Waals surface area contributed by atoms with Crippen LogP contribution in [0.1, 0.15) is 25.8 Å². The lowest BCUT2D eigenvalue weighted by Gasteiger charge is -2.26. The molecule has 0 aliphatic rings. The smallest absolute Gasteiger partial charge is 0.190 e. The third-order valence-corrected chi connectivity index (χ3v) is 3.95. The van der Waals surface area contributed by atoms with Gasteiger partial charge in [0.05, 0.1) is 13.2 Å². The summed E-state index contributed by atoms with van der Waals surface area (Å²) in [7, 11) is 3.46. The van der Waals surface area contributed by atoms with E-state index in [-0.39, 0.29) is 5.41 Å². The van der Waals surface area contributed by atoms with Crippen LogP contribution >= 0.6 is 11.6 Å². The van der Waals surface area contributed by atoms with E-state index >= 15 is 0 Å². The molecule has 0 atom stereocenters. The molecule has 0 radical (unpaired) electrons. The van der Waals surface area contributed by atoms with Gasteiger partial charge in [-0.3, -0.25) is 4.99 Å². The van der Waals surface area contributed by atoms with E-state index < -0.39 is 0 Å². The summed E-state index contributed by atoms with van der Waals surface area (Å²) in [6.45, 7) is 8.10. The molecule has 1 aromatic rings. The zero-order valence-electron chi connectivity index (χ0n) is 15.9. The topological polar surface area (TPSA) is 54.9 Å². The molecule has 25 heavy (non-hydrogen) atoms. The van der Waals surface area contributed by atoms with Gasteiger partial charge in [-0.2, -0.15) is 0 Å². The monoisotopic (exact) mass is 369 g/mol. The van der Waals surface area contributed by atoms with Crippen LogP contribution in [0.25, 0.3) is 0 Å². The molecule has 0 heterocycles. The molecule has 0 fully saturated rings. The predicted molar refractivity (Wildman–Crippen MR) is 106 cm³/mol. The Bertz CT molecular complexity index is 521. The van der Waals surface area contributed by atoms with E-state index in [1.807, 2.05) is 18.2 Å². The van der Waals surface area contributed by atoms with Crippen molar-refractivity contribution in [2.75, 3.05) is 47.1 Å². The Kier molecular flexibility index (Phi) is 10.5. The van der Waals surface area contributed by atoms with E-state index in [1.54, 1.807) is 14.2 Å². The van der Waals surface area contributed by atoms with Gasteiger partial charge in [0.25, 0.3) is 0 Å². The average molecular weight is 370 g/mol. The SMILES string of the molecule is CN=C(NCCCOCCOC)NCC(C)(C)Cc1cccc(Cl)c1. The second kappa shape index (κ2) is 12.1. The number of guanidine groups is 1. The zero-order valence-corrected chi connectivity index (χ0v) is 16.7. The van der Waals surface area contributed by atoms with Gasteiger partial charge in [-0.15, -0.1) is 0 Å². The lowest BCUT2D eigenvalue weighted by atomic mass is 9.86. The Labute approximate surface area is 157 Å². The maximum Gasteiger partial charge on any atom is 0.190 e. The lowest BCUT2D eigenvalue weighted by molar-refractivity contribution is 0.0698. The number of ether oxygens (including phenoxy) is 2. The first-order chi connectivity index (χ1) is 12.0. The first-order valence-electron chi connectivity index (χ1n) is 8.72. The van der Waals surface area contributed by atoms with Crippen molar-refractivity contribution < 1.29 is 9.47 Å². The minimum Gasteiger partial charge on any atom is -0.382 e. The molecule has 0 aliphatic carbocycles. The summed E-state index contributed by atoms with van der Waals surface area (Å²) in [5.41, 5.74) is 1.33. The van der Waals surface area contributed by atoms with E-state index in [9.17, 15) is 0 Å². The van der Waals surface area contributed by atoms with Crippen molar-refractivity contribution in [3.8, 4) is 0 Å². The van der Waals surface area contributed by atoms with Crippen molar-refractivity contribution in [1.29, 1.82) is 0 Å². The number of halogens is 1. The highest BCUT2D eigenvalue weighted by molar-refractivity contribution is 6.30. The number of hydrogen-bond acceptors (Lipinski definition) is 3. The summed E-state index contributed by atoms with van der Waals surface area (Å²) in [6.07, 6.45) is 1.88. The van der Waals surface area contributed by atoms with Gasteiger partial charge in [-0.1, -0.05) is 37.6 Å². The van der Waals surface area contributed by atoms with Crippen molar-refractivity contribution in [2.24, 2.45) is 10.4 Å². The number of nitrogens with one attached hydrogen (secondary N) is 2. The van der Waals surface area contributed by atoms with Crippen molar-refractivity contribution >= 4 is 17.6 Å². The van der Waals surface area contributed by atoms with Crippen molar-refractivity contribution in [1.82, 2.24) is 10.6 Å². The number of rotatable bonds is 11. The number of benzene rings is 1. The number of hydrogen-bond donors (Lipinski definition) is 2. The highest BCUT2D eigenvalue weighted by Crippen LogP contribution is 2.22. The summed E-state index contributed by atoms with van der Waals surface area (Å²) >= 11 is 6.07. The van der Waals surface area contributed by atoms with E-state index in [4.69, 9.17) is 21.1 Å². The molecule has 0 spiro atoms. The Hall–Kier alpha value is -1.30. The minimum atomic E-state index is 0.0889. The van der Waals surface area contributed by atoms with Crippen LogP contribution in [-0.2, 0) is 15.9 Å². The molecule has 6 heteroatoms. The van der Waals surface area contributed by atoms with Gasteiger partial charge in [0.1, 0.15) is 0 Å². The summed E-state index contributed by atoms with van der Waals surface area (Å²) in [4.78, 5) is 4.27. The third-order valence-electron chi connectivity index (χ3n) is 3.72. The summed E-state index contributed by atoms with van der Waals surface area (Å²) in [6, 6.07) is 8.04. The first kappa shape index (κ1) is 21.7. The van der Waals surface area contributed by atoms with Crippen molar-refractivity contribution in [3.63, 3.8) is 0 Å². The van der Waals surface area contributed by atoms with Crippen molar-refractivity contribution in [3.05, 3.63) is 34.9 Å². The summed E-state index contributed by atoms with van der Waals surface area (Å²) in [5, 5.41) is 7.50. The van der Waals surface area contributed by atoms with Crippen LogP contribution in [-0.4, -0.2) is 53.0 Å². The average Bonchev–Trinajstić information content (AvgIpc) is 2.56. The fraction of sp³-hybridized carbons (Fsp3) is 0.632. The first-order valence-corrected chi connectivity index (χ1v) is 9.10. The van der Waals surface area contributed by atoms with E-state index in [0.717, 1.165) is 36.9 Å². The van der Waals surface area contributed by atoms with Gasteiger partial charge >= 0.3 is 0 Å². The van der Waals surface area contributed by atoms with E-state index in [1.165, 1.54) is 5.56 Å². The molecule has 0 unspecified atom stereocenters. The van der Waals surface area contributed by atoms with Crippen LogP contribution in [0.3, 0.4) is 0 Å². The Morgan fingerprint density at radius 3 is 2.68 bits per heavy atom. The molecule has 0 bridgehead atoms. The Balaban J connectivity index is 2.28.